The lowest BCUT2D eigenvalue weighted by Crippen LogP contribution is -2.06. The van der Waals surface area contributed by atoms with Crippen molar-refractivity contribution in [3.05, 3.63) is 66.6 Å². The van der Waals surface area contributed by atoms with Gasteiger partial charge in [0.15, 0.2) is 5.82 Å². The first-order valence-corrected chi connectivity index (χ1v) is 12.4. The Bertz CT molecular complexity index is 1480. The number of carbonyl (C=O) groups excluding carboxylic acids is 1. The van der Waals surface area contributed by atoms with E-state index in [-0.39, 0.29) is 5.91 Å². The molecule has 0 aliphatic rings. The zero-order valence-corrected chi connectivity index (χ0v) is 19.4. The molecule has 9 nitrogen and oxygen atoms in total. The van der Waals surface area contributed by atoms with E-state index in [1.807, 2.05) is 12.1 Å². The lowest BCUT2D eigenvalue weighted by atomic mass is 10.1. The molecule has 0 saturated heterocycles. The largest absolute Gasteiger partial charge is 0.360 e. The van der Waals surface area contributed by atoms with Crippen LogP contribution in [-0.4, -0.2) is 42.6 Å². The van der Waals surface area contributed by atoms with Crippen LogP contribution in [0.25, 0.3) is 22.2 Å². The van der Waals surface area contributed by atoms with Gasteiger partial charge >= 0.3 is 0 Å². The van der Waals surface area contributed by atoms with Crippen molar-refractivity contribution >= 4 is 61.3 Å². The zero-order chi connectivity index (χ0) is 23.6. The van der Waals surface area contributed by atoms with Crippen LogP contribution in [0.4, 0.5) is 23.1 Å². The number of nitrogens with one attached hydrogen (secondary N) is 3. The van der Waals surface area contributed by atoms with Gasteiger partial charge in [-0.15, -0.1) is 0 Å². The summed E-state index contributed by atoms with van der Waals surface area (Å²) in [5, 5.41) is 7.09. The topological polar surface area (TPSA) is 125 Å². The van der Waals surface area contributed by atoms with E-state index in [4.69, 9.17) is 11.6 Å². The van der Waals surface area contributed by atoms with Crippen molar-refractivity contribution in [1.29, 1.82) is 0 Å². The van der Waals surface area contributed by atoms with Crippen LogP contribution in [0.15, 0.2) is 65.9 Å². The van der Waals surface area contributed by atoms with Crippen LogP contribution in [0, 0.1) is 0 Å². The zero-order valence-electron chi connectivity index (χ0n) is 17.8. The minimum absolute atomic E-state index is 0.287. The van der Waals surface area contributed by atoms with Gasteiger partial charge in [-0.3, -0.25) is 4.79 Å². The number of nitrogens with zero attached hydrogens (tertiary/aromatic N) is 4. The second-order valence-electron chi connectivity index (χ2n) is 7.35. The van der Waals surface area contributed by atoms with Gasteiger partial charge in [0, 0.05) is 50.6 Å². The molecule has 168 valence electrons. The van der Waals surface area contributed by atoms with Gasteiger partial charge in [-0.25, -0.2) is 19.2 Å². The molecule has 4 aromatic rings. The number of halogens is 1. The molecule has 3 heterocycles. The van der Waals surface area contributed by atoms with E-state index in [2.05, 4.69) is 41.5 Å². The predicted octanol–water partition coefficient (Wildman–Crippen LogP) is 4.90. The predicted molar refractivity (Wildman–Crippen MR) is 133 cm³/mol. The number of pyridine rings is 1. The van der Waals surface area contributed by atoms with Crippen LogP contribution in [-0.2, 0) is 14.5 Å². The van der Waals surface area contributed by atoms with Crippen molar-refractivity contribution in [2.24, 2.45) is 4.36 Å². The molecule has 1 amide bonds. The minimum atomic E-state index is -2.29. The van der Waals surface area contributed by atoms with Crippen molar-refractivity contribution < 1.29 is 9.00 Å². The summed E-state index contributed by atoms with van der Waals surface area (Å²) in [6.07, 6.45) is 9.19. The fraction of sp³-hybridized carbons (Fsp3) is 0.0909. The molecule has 3 aromatic heterocycles. The molecule has 0 aliphatic carbocycles. The van der Waals surface area contributed by atoms with Gasteiger partial charge < -0.3 is 15.6 Å². The van der Waals surface area contributed by atoms with Crippen molar-refractivity contribution in [3.63, 3.8) is 0 Å². The molecule has 0 saturated carbocycles. The number of carbonyl (C=O) groups is 1. The van der Waals surface area contributed by atoms with Crippen molar-refractivity contribution in [3.8, 4) is 11.3 Å². The molecule has 0 aliphatic heterocycles. The highest BCUT2D eigenvalue weighted by molar-refractivity contribution is 7.92. The first kappa shape index (κ1) is 22.4. The Morgan fingerprint density at radius 2 is 1.97 bits per heavy atom. The number of hydrogen-bond acceptors (Lipinski definition) is 7. The molecule has 0 radical (unpaired) electrons. The summed E-state index contributed by atoms with van der Waals surface area (Å²) in [7, 11) is -2.29. The van der Waals surface area contributed by atoms with E-state index in [1.54, 1.807) is 43.1 Å². The molecule has 0 atom stereocenters. The molecule has 0 spiro atoms. The van der Waals surface area contributed by atoms with E-state index in [0.717, 1.165) is 16.5 Å². The first-order chi connectivity index (χ1) is 15.7. The number of aromatic nitrogens is 4. The second-order valence-corrected chi connectivity index (χ2v) is 10.3. The number of fused-ring (bicyclic) bond motifs is 1. The molecule has 0 fully saturated rings. The summed E-state index contributed by atoms with van der Waals surface area (Å²) in [5.41, 5.74) is 3.42. The number of benzene rings is 1. The highest BCUT2D eigenvalue weighted by atomic mass is 35.5. The normalized spacial score (nSPS) is 11.2. The van der Waals surface area contributed by atoms with E-state index in [0.29, 0.717) is 33.9 Å². The van der Waals surface area contributed by atoms with Crippen LogP contribution < -0.4 is 10.6 Å². The number of amides is 1. The Kier molecular flexibility index (Phi) is 6.12. The first-order valence-electron chi connectivity index (χ1n) is 9.69. The summed E-state index contributed by atoms with van der Waals surface area (Å²) in [6, 6.07) is 8.89. The number of H-pyrrole nitrogens is 1. The molecule has 0 bridgehead atoms. The molecular weight excluding hydrogens is 462 g/mol. The number of hydrogen-bond donors (Lipinski definition) is 3. The summed E-state index contributed by atoms with van der Waals surface area (Å²) in [5.74, 6) is 0.431. The lowest BCUT2D eigenvalue weighted by Gasteiger charge is -2.08. The third-order valence-corrected chi connectivity index (χ3v) is 5.35. The smallest absolute Gasteiger partial charge is 0.247 e. The Morgan fingerprint density at radius 3 is 2.67 bits per heavy atom. The SMILES string of the molecule is C=CC(=O)Nc1ccc2c(-c3nc(Nc4ccc(N=S(C)(C)=O)nc4)ncc3Cl)c[nH]c2c1. The molecule has 3 N–H and O–H groups in total. The Morgan fingerprint density at radius 1 is 1.18 bits per heavy atom. The summed E-state index contributed by atoms with van der Waals surface area (Å²) in [4.78, 5) is 27.7. The van der Waals surface area contributed by atoms with E-state index >= 15 is 0 Å². The number of anilines is 3. The molecule has 11 heteroatoms. The van der Waals surface area contributed by atoms with Crippen LogP contribution in [0.3, 0.4) is 0 Å². The maximum Gasteiger partial charge on any atom is 0.247 e. The minimum Gasteiger partial charge on any atom is -0.360 e. The van der Waals surface area contributed by atoms with Gasteiger partial charge in [-0.1, -0.05) is 24.2 Å². The maximum atomic E-state index is 11.8. The highest BCUT2D eigenvalue weighted by Crippen LogP contribution is 2.34. The standard InChI is InChI=1S/C22H20ClN7O2S/c1-4-20(31)27-13-5-7-15-16(11-24-18(15)9-13)21-17(23)12-26-22(29-21)28-14-6-8-19(25-10-14)30-33(2,3)32/h4-12,24H,1H2,2-3H3,(H,27,31)(H,26,28,29). The Balaban J connectivity index is 1.62. The maximum absolute atomic E-state index is 11.8. The molecule has 33 heavy (non-hydrogen) atoms. The van der Waals surface area contributed by atoms with Gasteiger partial charge in [0.05, 0.1) is 28.8 Å². The average Bonchev–Trinajstić information content (AvgIpc) is 3.18. The molecule has 4 rings (SSSR count). The van der Waals surface area contributed by atoms with Gasteiger partial charge in [-0.2, -0.15) is 4.36 Å². The Labute approximate surface area is 195 Å². The highest BCUT2D eigenvalue weighted by Gasteiger charge is 2.14. The summed E-state index contributed by atoms with van der Waals surface area (Å²) >= 11 is 6.41. The van der Waals surface area contributed by atoms with E-state index < -0.39 is 9.73 Å². The van der Waals surface area contributed by atoms with Crippen LogP contribution in [0.1, 0.15) is 0 Å². The number of rotatable bonds is 6. The van der Waals surface area contributed by atoms with E-state index in [9.17, 15) is 9.00 Å². The van der Waals surface area contributed by atoms with Gasteiger partial charge in [0.25, 0.3) is 0 Å². The quantitative estimate of drug-likeness (QED) is 0.336. The second kappa shape index (κ2) is 9.00. The fourth-order valence-corrected chi connectivity index (χ4v) is 3.83. The van der Waals surface area contributed by atoms with Crippen LogP contribution >= 0.6 is 11.6 Å². The fourth-order valence-electron chi connectivity index (χ4n) is 3.08. The van der Waals surface area contributed by atoms with Crippen LogP contribution in [0.2, 0.25) is 5.02 Å². The van der Waals surface area contributed by atoms with E-state index in [1.165, 1.54) is 12.3 Å². The van der Waals surface area contributed by atoms with Crippen LogP contribution in [0.5, 0.6) is 0 Å². The molecule has 1 aromatic carbocycles. The van der Waals surface area contributed by atoms with Crippen molar-refractivity contribution in [1.82, 2.24) is 19.9 Å². The van der Waals surface area contributed by atoms with Gasteiger partial charge in [0.1, 0.15) is 0 Å². The summed E-state index contributed by atoms with van der Waals surface area (Å²) in [6.45, 7) is 3.45. The van der Waals surface area contributed by atoms with Gasteiger partial charge in [-0.05, 0) is 30.3 Å². The lowest BCUT2D eigenvalue weighted by molar-refractivity contribution is -0.111. The third-order valence-electron chi connectivity index (χ3n) is 4.45. The van der Waals surface area contributed by atoms with Gasteiger partial charge in [0.2, 0.25) is 11.9 Å². The third kappa shape index (κ3) is 5.36. The molecular formula is C22H20ClN7O2S. The average molecular weight is 482 g/mol. The molecule has 0 unspecified atom stereocenters. The van der Waals surface area contributed by atoms with Crippen molar-refractivity contribution in [2.75, 3.05) is 23.1 Å². The monoisotopic (exact) mass is 481 g/mol. The summed E-state index contributed by atoms with van der Waals surface area (Å²) < 4.78 is 15.9. The van der Waals surface area contributed by atoms with Crippen molar-refractivity contribution in [2.45, 2.75) is 0 Å². The number of aromatic amines is 1. The Hall–Kier alpha value is -3.76.